The number of sulfone groups is 1. The van der Waals surface area contributed by atoms with Crippen LogP contribution in [0.15, 0.2) is 216 Å². The van der Waals surface area contributed by atoms with Gasteiger partial charge in [-0.3, -0.25) is 0 Å². The van der Waals surface area contributed by atoms with Gasteiger partial charge in [0.2, 0.25) is 9.84 Å². The summed E-state index contributed by atoms with van der Waals surface area (Å²) >= 11 is 0. The second-order valence-electron chi connectivity index (χ2n) is 19.2. The number of hydrogen-bond acceptors (Lipinski definition) is 8. The molecule has 0 saturated heterocycles. The van der Waals surface area contributed by atoms with E-state index in [4.69, 9.17) is 27.1 Å². The minimum atomic E-state index is -4.56. The number of fused-ring (bicyclic) bond motifs is 4. The quantitative estimate of drug-likeness (QED) is 0.0785. The lowest BCUT2D eigenvalue weighted by molar-refractivity contribution is 0.386. The maximum Gasteiger partial charge on any atom is 0.530 e. The first-order valence-corrected chi connectivity index (χ1v) is 28.1. The molecule has 0 spiro atoms. The van der Waals surface area contributed by atoms with Crippen LogP contribution in [0.4, 0.5) is 0 Å². The minimum Gasteiger partial charge on any atom is -0.408 e. The Hall–Kier alpha value is -7.15. The Balaban J connectivity index is 1.12. The van der Waals surface area contributed by atoms with Gasteiger partial charge in [0.25, 0.3) is 0 Å². The van der Waals surface area contributed by atoms with Crippen LogP contribution in [0.5, 0.6) is 34.5 Å². The minimum absolute atomic E-state index is 0.0506. The van der Waals surface area contributed by atoms with Crippen molar-refractivity contribution in [3.8, 4) is 34.5 Å². The lowest BCUT2D eigenvalue weighted by Gasteiger charge is -2.27. The summed E-state index contributed by atoms with van der Waals surface area (Å²) in [4.78, 5) is -0.153. The van der Waals surface area contributed by atoms with Gasteiger partial charge >= 0.3 is 17.2 Å². The Kier molecular flexibility index (Phi) is 14.1. The van der Waals surface area contributed by atoms with E-state index in [-0.39, 0.29) is 21.3 Å². The highest BCUT2D eigenvalue weighted by Gasteiger charge is 2.35. The van der Waals surface area contributed by atoms with Crippen LogP contribution in [0, 0.1) is 0 Å². The predicted octanol–water partition coefficient (Wildman–Crippen LogP) is 18.0. The van der Waals surface area contributed by atoms with Crippen molar-refractivity contribution in [1.29, 1.82) is 0 Å². The fraction of sp³-hybridized carbons (Fsp3) is 0.161. The highest BCUT2D eigenvalue weighted by molar-refractivity contribution is 7.91. The average Bonchev–Trinajstić information content (AvgIpc) is 3.41. The van der Waals surface area contributed by atoms with Gasteiger partial charge in [-0.1, -0.05) is 199 Å². The normalized spacial score (nSPS) is 12.2. The molecule has 0 radical (unpaired) electrons. The molecule has 0 aliphatic carbocycles. The monoisotopic (exact) mass is 1020 g/mol. The first kappa shape index (κ1) is 49.4. The van der Waals surface area contributed by atoms with Gasteiger partial charge in [0.1, 0.15) is 44.3 Å². The van der Waals surface area contributed by atoms with Gasteiger partial charge in [-0.25, -0.2) is 8.42 Å². The summed E-state index contributed by atoms with van der Waals surface area (Å²) in [5, 5.41) is 7.25. The summed E-state index contributed by atoms with van der Waals surface area (Å²) in [6.45, 7) is 12.6. The van der Waals surface area contributed by atoms with Gasteiger partial charge in [0, 0.05) is 21.5 Å². The molecular weight excluding hydrogens is 967 g/mol. The largest absolute Gasteiger partial charge is 0.530 e. The van der Waals surface area contributed by atoms with E-state index in [0.29, 0.717) is 23.0 Å². The van der Waals surface area contributed by atoms with Crippen LogP contribution in [0.3, 0.4) is 0 Å². The van der Waals surface area contributed by atoms with Gasteiger partial charge in [-0.2, -0.15) is 0 Å². The van der Waals surface area contributed by atoms with Crippen LogP contribution < -0.4 is 27.1 Å². The molecule has 11 heteroatoms. The fourth-order valence-corrected chi connectivity index (χ4v) is 12.5. The summed E-state index contributed by atoms with van der Waals surface area (Å²) in [6, 6.07) is 65.5. The molecule has 8 nitrogen and oxygen atoms in total. The van der Waals surface area contributed by atoms with E-state index in [1.807, 2.05) is 182 Å². The van der Waals surface area contributed by atoms with Gasteiger partial charge < -0.3 is 27.1 Å². The van der Waals surface area contributed by atoms with Crippen LogP contribution in [0.2, 0.25) is 0 Å². The SMILES string of the molecule is CCC(C)(C)c1ccc(OP(Oc2cccc3ccccc23)Oc2cccc3ccccc23)c(S(=O)(=O)c2cc(C(C)(C)CC)ccc2OP(Oc2cccc3ccccc23)Oc2cccc3ccccc23)c1. The number of rotatable bonds is 18. The Labute approximate surface area is 430 Å². The highest BCUT2D eigenvalue weighted by Crippen LogP contribution is 2.52. The molecular formula is C62H56O8P2S. The smallest absolute Gasteiger partial charge is 0.408 e. The maximum atomic E-state index is 16.2. The van der Waals surface area contributed by atoms with E-state index in [9.17, 15) is 0 Å². The van der Waals surface area contributed by atoms with Crippen LogP contribution in [0.1, 0.15) is 65.5 Å². The molecule has 10 aromatic carbocycles. The topological polar surface area (TPSA) is 89.5 Å². The van der Waals surface area contributed by atoms with Gasteiger partial charge in [-0.15, -0.1) is 0 Å². The molecule has 10 aromatic rings. The van der Waals surface area contributed by atoms with Crippen molar-refractivity contribution in [1.82, 2.24) is 0 Å². The average molecular weight is 1020 g/mol. The van der Waals surface area contributed by atoms with Crippen molar-refractivity contribution >= 4 is 70.1 Å². The Morgan fingerprint density at radius 3 is 0.890 bits per heavy atom. The van der Waals surface area contributed by atoms with E-state index in [1.54, 1.807) is 24.3 Å². The molecule has 10 rings (SSSR count). The zero-order valence-electron chi connectivity index (χ0n) is 41.6. The van der Waals surface area contributed by atoms with E-state index in [0.717, 1.165) is 67.1 Å². The molecule has 0 heterocycles. The van der Waals surface area contributed by atoms with Crippen molar-refractivity contribution in [2.24, 2.45) is 0 Å². The first-order valence-electron chi connectivity index (χ1n) is 24.4. The van der Waals surface area contributed by atoms with E-state index in [1.165, 1.54) is 0 Å². The van der Waals surface area contributed by atoms with Crippen molar-refractivity contribution in [2.45, 2.75) is 75.0 Å². The summed E-state index contributed by atoms with van der Waals surface area (Å²) < 4.78 is 73.3. The molecule has 0 aliphatic rings. The molecule has 73 heavy (non-hydrogen) atoms. The molecule has 0 aromatic heterocycles. The third-order valence-corrected chi connectivity index (χ3v) is 17.7. The molecule has 0 N–H and O–H groups in total. The fourth-order valence-electron chi connectivity index (χ4n) is 8.65. The van der Waals surface area contributed by atoms with Crippen molar-refractivity contribution in [3.63, 3.8) is 0 Å². The van der Waals surface area contributed by atoms with Crippen LogP contribution in [-0.2, 0) is 20.7 Å². The molecule has 0 atom stereocenters. The number of benzene rings is 10. The lowest BCUT2D eigenvalue weighted by atomic mass is 9.82. The lowest BCUT2D eigenvalue weighted by Crippen LogP contribution is -2.18. The van der Waals surface area contributed by atoms with Crippen LogP contribution >= 0.6 is 17.2 Å². The molecule has 0 aliphatic heterocycles. The van der Waals surface area contributed by atoms with Crippen molar-refractivity contribution < 1.29 is 35.6 Å². The first-order chi connectivity index (χ1) is 35.3. The Morgan fingerprint density at radius 2 is 0.603 bits per heavy atom. The summed E-state index contributed by atoms with van der Waals surface area (Å²) in [6.07, 6.45) is 1.48. The van der Waals surface area contributed by atoms with Crippen LogP contribution in [-0.4, -0.2) is 8.42 Å². The van der Waals surface area contributed by atoms with E-state index in [2.05, 4.69) is 41.5 Å². The highest BCUT2D eigenvalue weighted by atomic mass is 32.2. The second kappa shape index (κ2) is 20.8. The zero-order valence-corrected chi connectivity index (χ0v) is 44.2. The second-order valence-corrected chi connectivity index (χ2v) is 23.1. The summed E-state index contributed by atoms with van der Waals surface area (Å²) in [5.41, 5.74) is 0.794. The van der Waals surface area contributed by atoms with Gasteiger partial charge in [0.05, 0.1) is 0 Å². The standard InChI is InChI=1S/C62H56O8P2S/c1-7-61(3,4)47-37-39-57(69-71(65-53-33-17-25-43-21-9-13-29-49(43)53)66-54-34-18-26-44-22-10-14-30-50(44)54)59(41-47)73(63,64)60-42-48(62(5,6)8-2)38-40-58(60)70-72(67-55-35-19-27-45-23-11-15-31-51(45)55)68-56-36-20-28-46-24-12-16-32-52(46)56/h9-42H,7-8H2,1-6H3. The van der Waals surface area contributed by atoms with Crippen LogP contribution in [0.25, 0.3) is 43.1 Å². The number of hydrogen-bond donors (Lipinski definition) is 0. The molecule has 368 valence electrons. The molecule has 0 saturated carbocycles. The van der Waals surface area contributed by atoms with E-state index < -0.39 is 37.9 Å². The van der Waals surface area contributed by atoms with Gasteiger partial charge in [-0.05, 0) is 105 Å². The molecule has 0 unspecified atom stereocenters. The summed E-state index contributed by atoms with van der Waals surface area (Å²) in [5.74, 6) is 2.19. The molecule has 0 amide bonds. The third kappa shape index (κ3) is 10.4. The van der Waals surface area contributed by atoms with E-state index >= 15 is 8.42 Å². The Morgan fingerprint density at radius 1 is 0.342 bits per heavy atom. The van der Waals surface area contributed by atoms with Crippen molar-refractivity contribution in [3.05, 3.63) is 217 Å². The molecule has 0 fully saturated rings. The zero-order chi connectivity index (χ0) is 50.7. The summed E-state index contributed by atoms with van der Waals surface area (Å²) in [7, 11) is -9.31. The molecule has 0 bridgehead atoms. The predicted molar refractivity (Wildman–Crippen MR) is 298 cm³/mol. The maximum absolute atomic E-state index is 16.2. The van der Waals surface area contributed by atoms with Crippen molar-refractivity contribution in [2.75, 3.05) is 0 Å². The van der Waals surface area contributed by atoms with Gasteiger partial charge in [0.15, 0.2) is 0 Å². The Bertz CT molecular complexity index is 3320. The third-order valence-electron chi connectivity index (χ3n) is 13.8.